The summed E-state index contributed by atoms with van der Waals surface area (Å²) in [6.07, 6.45) is 3.40. The Morgan fingerprint density at radius 1 is 0.868 bits per heavy atom. The normalized spacial score (nSPS) is 15.9. The zero-order valence-corrected chi connectivity index (χ0v) is 21.6. The summed E-state index contributed by atoms with van der Waals surface area (Å²) in [4.78, 5) is 29.8. The molecule has 1 aliphatic heterocycles. The third kappa shape index (κ3) is 4.94. The second kappa shape index (κ2) is 11.2. The predicted molar refractivity (Wildman–Crippen MR) is 147 cm³/mol. The molecule has 2 aliphatic rings. The molecular formula is C32H33N3O3. The van der Waals surface area contributed by atoms with Gasteiger partial charge in [0.2, 0.25) is 5.91 Å². The quantitative estimate of drug-likeness (QED) is 0.418. The highest BCUT2D eigenvalue weighted by Crippen LogP contribution is 2.51. The maximum absolute atomic E-state index is 12.8. The molecule has 3 aromatic carbocycles. The van der Waals surface area contributed by atoms with Gasteiger partial charge in [0.15, 0.2) is 0 Å². The molecule has 0 atom stereocenters. The minimum Gasteiger partial charge on any atom is -0.480 e. The summed E-state index contributed by atoms with van der Waals surface area (Å²) < 4.78 is 0. The van der Waals surface area contributed by atoms with Gasteiger partial charge in [-0.25, -0.2) is 0 Å². The summed E-state index contributed by atoms with van der Waals surface area (Å²) in [5.41, 5.74) is 4.51. The molecule has 0 spiro atoms. The molecule has 6 heteroatoms. The molecule has 0 bridgehead atoms. The number of hydrogen-bond acceptors (Lipinski definition) is 4. The number of aryl methyl sites for hydroxylation is 1. The minimum atomic E-state index is -0.995. The van der Waals surface area contributed by atoms with Crippen molar-refractivity contribution in [2.75, 3.05) is 32.7 Å². The summed E-state index contributed by atoms with van der Waals surface area (Å²) in [6.45, 7) is 4.02. The van der Waals surface area contributed by atoms with Crippen LogP contribution < -0.4 is 0 Å². The molecule has 6 nitrogen and oxygen atoms in total. The number of piperazine rings is 1. The number of carboxylic acids is 1. The van der Waals surface area contributed by atoms with Crippen molar-refractivity contribution in [3.05, 3.63) is 95.1 Å². The number of unbranched alkanes of at least 4 members (excludes halogenated alkanes) is 1. The van der Waals surface area contributed by atoms with Crippen molar-refractivity contribution in [3.8, 4) is 17.2 Å². The number of carbonyl (C=O) groups excluding carboxylic acids is 1. The van der Waals surface area contributed by atoms with Gasteiger partial charge in [0.05, 0.1) is 11.6 Å². The zero-order chi connectivity index (χ0) is 26.5. The van der Waals surface area contributed by atoms with Gasteiger partial charge >= 0.3 is 5.97 Å². The van der Waals surface area contributed by atoms with Gasteiger partial charge in [-0.1, -0.05) is 67.1 Å². The molecule has 1 amide bonds. The van der Waals surface area contributed by atoms with Gasteiger partial charge in [-0.05, 0) is 65.8 Å². The third-order valence-corrected chi connectivity index (χ3v) is 8.11. The fraction of sp³-hybridized carbons (Fsp3) is 0.344. The molecule has 0 saturated carbocycles. The topological polar surface area (TPSA) is 84.6 Å². The molecule has 3 aromatic rings. The SMILES string of the molecule is N#Cc1cccc(CCC(=O)N2CCN(CCCCC3(C(=O)O)c4ccccc4-c4ccccc43)CC2)c1. The summed E-state index contributed by atoms with van der Waals surface area (Å²) in [7, 11) is 0. The number of amides is 1. The first-order valence-corrected chi connectivity index (χ1v) is 13.4. The highest BCUT2D eigenvalue weighted by atomic mass is 16.4. The monoisotopic (exact) mass is 507 g/mol. The fourth-order valence-corrected chi connectivity index (χ4v) is 6.08. The number of carbonyl (C=O) groups is 2. The van der Waals surface area contributed by atoms with E-state index in [0.29, 0.717) is 24.8 Å². The lowest BCUT2D eigenvalue weighted by molar-refractivity contribution is -0.142. The van der Waals surface area contributed by atoms with E-state index >= 15 is 0 Å². The Kier molecular flexibility index (Phi) is 7.57. The van der Waals surface area contributed by atoms with Crippen molar-refractivity contribution >= 4 is 11.9 Å². The molecule has 0 aromatic heterocycles. The van der Waals surface area contributed by atoms with E-state index in [2.05, 4.69) is 11.0 Å². The van der Waals surface area contributed by atoms with Crippen LogP contribution in [0.25, 0.3) is 11.1 Å². The predicted octanol–water partition coefficient (Wildman–Crippen LogP) is 4.86. The summed E-state index contributed by atoms with van der Waals surface area (Å²) in [5.74, 6) is -0.615. The number of hydrogen-bond donors (Lipinski definition) is 1. The Morgan fingerprint density at radius 2 is 1.53 bits per heavy atom. The highest BCUT2D eigenvalue weighted by molar-refractivity contribution is 5.97. The van der Waals surface area contributed by atoms with Crippen LogP contribution in [0.15, 0.2) is 72.8 Å². The van der Waals surface area contributed by atoms with E-state index in [0.717, 1.165) is 73.4 Å². The van der Waals surface area contributed by atoms with Gasteiger partial charge in [0, 0.05) is 32.6 Å². The molecule has 5 rings (SSSR count). The second-order valence-corrected chi connectivity index (χ2v) is 10.3. The average Bonchev–Trinajstić information content (AvgIpc) is 3.25. The van der Waals surface area contributed by atoms with Crippen molar-refractivity contribution in [2.24, 2.45) is 0 Å². The van der Waals surface area contributed by atoms with E-state index in [-0.39, 0.29) is 5.91 Å². The Labute approximate surface area is 224 Å². The molecule has 1 fully saturated rings. The standard InChI is InChI=1S/C32H33N3O3/c33-23-25-9-7-8-24(22-25)14-15-30(36)35-20-18-34(19-21-35)17-6-5-16-32(31(37)38)28-12-3-1-10-26(28)27-11-2-4-13-29(27)32/h1-4,7-13,22H,5-6,14-21H2,(H,37,38). The van der Waals surface area contributed by atoms with Gasteiger partial charge < -0.3 is 10.0 Å². The van der Waals surface area contributed by atoms with Gasteiger partial charge in [0.25, 0.3) is 0 Å². The first-order valence-electron chi connectivity index (χ1n) is 13.4. The van der Waals surface area contributed by atoms with Crippen molar-refractivity contribution in [1.82, 2.24) is 9.80 Å². The molecule has 1 heterocycles. The Hall–Kier alpha value is -3.95. The first kappa shape index (κ1) is 25.7. The van der Waals surface area contributed by atoms with Crippen molar-refractivity contribution in [2.45, 2.75) is 37.5 Å². The zero-order valence-electron chi connectivity index (χ0n) is 21.6. The minimum absolute atomic E-state index is 0.161. The summed E-state index contributed by atoms with van der Waals surface area (Å²) in [6, 6.07) is 25.4. The van der Waals surface area contributed by atoms with E-state index in [1.165, 1.54) is 0 Å². The summed E-state index contributed by atoms with van der Waals surface area (Å²) >= 11 is 0. The van der Waals surface area contributed by atoms with Crippen LogP contribution in [-0.2, 0) is 21.4 Å². The maximum atomic E-state index is 12.8. The molecule has 1 N–H and O–H groups in total. The van der Waals surface area contributed by atoms with Gasteiger partial charge in [-0.2, -0.15) is 5.26 Å². The van der Waals surface area contributed by atoms with Crippen LogP contribution in [0.3, 0.4) is 0 Å². The van der Waals surface area contributed by atoms with Gasteiger partial charge in [-0.3, -0.25) is 14.5 Å². The number of rotatable bonds is 9. The van der Waals surface area contributed by atoms with Crippen molar-refractivity contribution in [1.29, 1.82) is 5.26 Å². The lowest BCUT2D eigenvalue weighted by Gasteiger charge is -2.35. The largest absolute Gasteiger partial charge is 0.480 e. The lowest BCUT2D eigenvalue weighted by Crippen LogP contribution is -2.48. The average molecular weight is 508 g/mol. The Bertz CT molecular complexity index is 1320. The fourth-order valence-electron chi connectivity index (χ4n) is 6.08. The molecule has 1 aliphatic carbocycles. The first-order chi connectivity index (χ1) is 18.5. The smallest absolute Gasteiger partial charge is 0.318 e. The Balaban J connectivity index is 1.11. The van der Waals surface area contributed by atoms with E-state index in [1.807, 2.05) is 71.6 Å². The molecule has 194 valence electrons. The van der Waals surface area contributed by atoms with Crippen molar-refractivity contribution in [3.63, 3.8) is 0 Å². The van der Waals surface area contributed by atoms with E-state index in [9.17, 15) is 14.7 Å². The molecular weight excluding hydrogens is 474 g/mol. The molecule has 1 saturated heterocycles. The molecule has 0 unspecified atom stereocenters. The van der Waals surface area contributed by atoms with E-state index < -0.39 is 11.4 Å². The number of aliphatic carboxylic acids is 1. The number of fused-ring (bicyclic) bond motifs is 3. The second-order valence-electron chi connectivity index (χ2n) is 10.3. The van der Waals surface area contributed by atoms with Crippen LogP contribution in [0.1, 0.15) is 47.9 Å². The van der Waals surface area contributed by atoms with Gasteiger partial charge in [0.1, 0.15) is 5.41 Å². The van der Waals surface area contributed by atoms with E-state index in [4.69, 9.17) is 5.26 Å². The van der Waals surface area contributed by atoms with Gasteiger partial charge in [-0.15, -0.1) is 0 Å². The Morgan fingerprint density at radius 3 is 2.16 bits per heavy atom. The van der Waals surface area contributed by atoms with Crippen LogP contribution in [0.4, 0.5) is 0 Å². The maximum Gasteiger partial charge on any atom is 0.318 e. The highest BCUT2D eigenvalue weighted by Gasteiger charge is 2.48. The third-order valence-electron chi connectivity index (χ3n) is 8.11. The van der Waals surface area contributed by atoms with E-state index in [1.54, 1.807) is 6.07 Å². The van der Waals surface area contributed by atoms with Crippen LogP contribution >= 0.6 is 0 Å². The van der Waals surface area contributed by atoms with Crippen molar-refractivity contribution < 1.29 is 14.7 Å². The van der Waals surface area contributed by atoms with Crippen LogP contribution in [0.5, 0.6) is 0 Å². The van der Waals surface area contributed by atoms with Crippen LogP contribution in [0.2, 0.25) is 0 Å². The number of carboxylic acid groups (broad SMARTS) is 1. The number of benzene rings is 3. The molecule has 38 heavy (non-hydrogen) atoms. The van der Waals surface area contributed by atoms with Crippen LogP contribution in [-0.4, -0.2) is 59.5 Å². The number of nitriles is 1. The summed E-state index contributed by atoms with van der Waals surface area (Å²) in [5, 5.41) is 19.5. The molecule has 0 radical (unpaired) electrons. The lowest BCUT2D eigenvalue weighted by atomic mass is 9.74. The number of nitrogens with zero attached hydrogens (tertiary/aromatic N) is 3. The van der Waals surface area contributed by atoms with Crippen LogP contribution in [0, 0.1) is 11.3 Å².